The number of carbonyl (C=O) groups is 3. The zero-order chi connectivity index (χ0) is 24.2. The van der Waals surface area contributed by atoms with Crippen LogP contribution in [-0.4, -0.2) is 35.7 Å². The number of hydrogen-bond donors (Lipinski definition) is 3. The maximum Gasteiger partial charge on any atom is 0.407 e. The second-order valence-corrected chi connectivity index (χ2v) is 8.74. The first-order chi connectivity index (χ1) is 16.4. The summed E-state index contributed by atoms with van der Waals surface area (Å²) in [5.41, 5.74) is 4.51. The number of alkyl carbamates (subject to hydrolysis) is 1. The first kappa shape index (κ1) is 23.5. The van der Waals surface area contributed by atoms with E-state index in [1.54, 1.807) is 19.1 Å². The van der Waals surface area contributed by atoms with Crippen molar-refractivity contribution in [1.82, 2.24) is 5.32 Å². The lowest BCUT2D eigenvalue weighted by Crippen LogP contribution is -2.44. The summed E-state index contributed by atoms with van der Waals surface area (Å²) in [6, 6.07) is 19.7. The van der Waals surface area contributed by atoms with Gasteiger partial charge in [-0.1, -0.05) is 61.5 Å². The molecular weight excluding hydrogens is 500 g/mol. The molecule has 4 rings (SSSR count). The van der Waals surface area contributed by atoms with Crippen molar-refractivity contribution in [2.45, 2.75) is 25.3 Å². The second kappa shape index (κ2) is 10.1. The van der Waals surface area contributed by atoms with E-state index in [0.29, 0.717) is 10.9 Å². The van der Waals surface area contributed by atoms with Crippen LogP contribution in [0, 0.1) is 0 Å². The van der Waals surface area contributed by atoms with Crippen LogP contribution < -0.4 is 10.6 Å². The van der Waals surface area contributed by atoms with E-state index < -0.39 is 24.0 Å². The summed E-state index contributed by atoms with van der Waals surface area (Å²) < 4.78 is 5.95. The summed E-state index contributed by atoms with van der Waals surface area (Å²) in [6.07, 6.45) is -0.419. The van der Waals surface area contributed by atoms with Crippen LogP contribution in [0.15, 0.2) is 71.2 Å². The number of hydrogen-bond acceptors (Lipinski definition) is 4. The van der Waals surface area contributed by atoms with Crippen molar-refractivity contribution >= 4 is 39.6 Å². The molecule has 7 nitrogen and oxygen atoms in total. The quantitative estimate of drug-likeness (QED) is 0.385. The average Bonchev–Trinajstić information content (AvgIpc) is 3.16. The Balaban J connectivity index is 1.42. The molecule has 0 radical (unpaired) electrons. The number of para-hydroxylation sites is 1. The molecule has 1 aliphatic carbocycles. The molecule has 3 aromatic carbocycles. The Hall–Kier alpha value is -3.65. The molecule has 8 heteroatoms. The zero-order valence-corrected chi connectivity index (χ0v) is 20.0. The van der Waals surface area contributed by atoms with Gasteiger partial charge in [0.2, 0.25) is 5.91 Å². The van der Waals surface area contributed by atoms with Gasteiger partial charge in [-0.05, 0) is 56.7 Å². The predicted molar refractivity (Wildman–Crippen MR) is 132 cm³/mol. The van der Waals surface area contributed by atoms with E-state index in [0.717, 1.165) is 22.3 Å². The molecule has 0 aliphatic heterocycles. The van der Waals surface area contributed by atoms with Crippen LogP contribution in [0.2, 0.25) is 0 Å². The van der Waals surface area contributed by atoms with Crippen molar-refractivity contribution in [3.8, 4) is 11.1 Å². The number of nitrogens with one attached hydrogen (secondary N) is 2. The normalized spacial score (nSPS) is 12.9. The first-order valence-electron chi connectivity index (χ1n) is 10.8. The number of carboxylic acids is 1. The van der Waals surface area contributed by atoms with E-state index in [-0.39, 0.29) is 23.8 Å². The topological polar surface area (TPSA) is 105 Å². The van der Waals surface area contributed by atoms with Gasteiger partial charge in [-0.3, -0.25) is 4.79 Å². The van der Waals surface area contributed by atoms with Crippen LogP contribution in [0.5, 0.6) is 0 Å². The Morgan fingerprint density at radius 3 is 2.18 bits per heavy atom. The third-order valence-corrected chi connectivity index (χ3v) is 6.51. The minimum Gasteiger partial charge on any atom is -0.478 e. The van der Waals surface area contributed by atoms with E-state index in [9.17, 15) is 19.5 Å². The molecule has 1 atom stereocenters. The molecule has 2 amide bonds. The number of amides is 2. The summed E-state index contributed by atoms with van der Waals surface area (Å²) in [7, 11) is 0. The lowest BCUT2D eigenvalue weighted by Gasteiger charge is -2.19. The molecule has 0 spiro atoms. The summed E-state index contributed by atoms with van der Waals surface area (Å²) in [4.78, 5) is 36.9. The van der Waals surface area contributed by atoms with Gasteiger partial charge >= 0.3 is 12.1 Å². The number of rotatable bonds is 7. The van der Waals surface area contributed by atoms with E-state index in [4.69, 9.17) is 4.74 Å². The minimum absolute atomic E-state index is 0.0567. The van der Waals surface area contributed by atoms with Crippen molar-refractivity contribution in [1.29, 1.82) is 0 Å². The molecule has 0 fully saturated rings. The highest BCUT2D eigenvalue weighted by Crippen LogP contribution is 2.44. The van der Waals surface area contributed by atoms with Crippen LogP contribution in [0.25, 0.3) is 11.1 Å². The standard InChI is InChI=1S/C26H23BrN2O5/c1-2-22(24(30)29-23-19(25(31)32)12-7-13-21(23)27)28-26(33)34-14-20-17-10-5-3-8-15(17)16-9-4-6-11-18(16)20/h3-13,20,22H,2,14H2,1H3,(H,28,33)(H,29,30)(H,31,32)/t22-/m1/s1. The molecule has 0 bridgehead atoms. The third kappa shape index (κ3) is 4.68. The maximum absolute atomic E-state index is 12.8. The monoisotopic (exact) mass is 522 g/mol. The highest BCUT2D eigenvalue weighted by Gasteiger charge is 2.30. The van der Waals surface area contributed by atoms with Gasteiger partial charge in [-0.25, -0.2) is 9.59 Å². The summed E-state index contributed by atoms with van der Waals surface area (Å²) in [5.74, 6) is -1.80. The van der Waals surface area contributed by atoms with E-state index in [2.05, 4.69) is 38.7 Å². The SMILES string of the molecule is CC[C@@H](NC(=O)OCC1c2ccccc2-c2ccccc21)C(=O)Nc1c(Br)cccc1C(=O)O. The van der Waals surface area contributed by atoms with Gasteiger partial charge in [0.15, 0.2) is 0 Å². The Bertz CT molecular complexity index is 1210. The van der Waals surface area contributed by atoms with E-state index >= 15 is 0 Å². The first-order valence-corrected chi connectivity index (χ1v) is 11.6. The number of benzene rings is 3. The Labute approximate surface area is 205 Å². The number of carbonyl (C=O) groups excluding carboxylic acids is 2. The molecular formula is C26H23BrN2O5. The molecule has 0 saturated heterocycles. The Morgan fingerprint density at radius 1 is 0.971 bits per heavy atom. The molecule has 0 aromatic heterocycles. The number of carboxylic acid groups (broad SMARTS) is 1. The van der Waals surface area contributed by atoms with Crippen molar-refractivity contribution in [3.63, 3.8) is 0 Å². The largest absolute Gasteiger partial charge is 0.478 e. The van der Waals surface area contributed by atoms with Crippen LogP contribution in [-0.2, 0) is 9.53 Å². The van der Waals surface area contributed by atoms with Gasteiger partial charge in [-0.15, -0.1) is 0 Å². The van der Waals surface area contributed by atoms with Crippen molar-refractivity contribution in [3.05, 3.63) is 87.9 Å². The second-order valence-electron chi connectivity index (χ2n) is 7.89. The number of ether oxygens (including phenoxy) is 1. The fourth-order valence-corrected chi connectivity index (χ4v) is 4.64. The van der Waals surface area contributed by atoms with Gasteiger partial charge < -0.3 is 20.5 Å². The highest BCUT2D eigenvalue weighted by molar-refractivity contribution is 9.10. The average molecular weight is 523 g/mol. The Kier molecular flexibility index (Phi) is 6.98. The molecule has 3 aromatic rings. The lowest BCUT2D eigenvalue weighted by atomic mass is 9.98. The van der Waals surface area contributed by atoms with Crippen molar-refractivity contribution in [2.24, 2.45) is 0 Å². The van der Waals surface area contributed by atoms with Gasteiger partial charge in [0.1, 0.15) is 12.6 Å². The number of anilines is 1. The lowest BCUT2D eigenvalue weighted by molar-refractivity contribution is -0.118. The molecule has 1 aliphatic rings. The maximum atomic E-state index is 12.8. The van der Waals surface area contributed by atoms with Gasteiger partial charge in [0.25, 0.3) is 0 Å². The van der Waals surface area contributed by atoms with Crippen molar-refractivity contribution in [2.75, 3.05) is 11.9 Å². The van der Waals surface area contributed by atoms with Gasteiger partial charge in [0.05, 0.1) is 11.3 Å². The molecule has 174 valence electrons. The van der Waals surface area contributed by atoms with Gasteiger partial charge in [-0.2, -0.15) is 0 Å². The van der Waals surface area contributed by atoms with Crippen LogP contribution in [0.4, 0.5) is 10.5 Å². The molecule has 0 saturated carbocycles. The smallest absolute Gasteiger partial charge is 0.407 e. The van der Waals surface area contributed by atoms with Gasteiger partial charge in [0, 0.05) is 10.4 Å². The van der Waals surface area contributed by atoms with Crippen molar-refractivity contribution < 1.29 is 24.2 Å². The Morgan fingerprint density at radius 2 is 1.59 bits per heavy atom. The molecule has 3 N–H and O–H groups in total. The van der Waals surface area contributed by atoms with E-state index in [1.807, 2.05) is 36.4 Å². The third-order valence-electron chi connectivity index (χ3n) is 5.85. The minimum atomic E-state index is -1.17. The molecule has 34 heavy (non-hydrogen) atoms. The number of fused-ring (bicyclic) bond motifs is 3. The van der Waals surface area contributed by atoms with Crippen LogP contribution in [0.1, 0.15) is 40.7 Å². The number of aromatic carboxylic acids is 1. The summed E-state index contributed by atoms with van der Waals surface area (Å²) in [6.45, 7) is 1.87. The van der Waals surface area contributed by atoms with Crippen LogP contribution in [0.3, 0.4) is 0 Å². The van der Waals surface area contributed by atoms with E-state index in [1.165, 1.54) is 6.07 Å². The summed E-state index contributed by atoms with van der Waals surface area (Å²) >= 11 is 3.26. The highest BCUT2D eigenvalue weighted by atomic mass is 79.9. The van der Waals surface area contributed by atoms with Crippen LogP contribution >= 0.6 is 15.9 Å². The molecule has 0 unspecified atom stereocenters. The predicted octanol–water partition coefficient (Wildman–Crippen LogP) is 5.40. The number of halogens is 1. The fraction of sp³-hybridized carbons (Fsp3) is 0.192. The zero-order valence-electron chi connectivity index (χ0n) is 18.4. The summed E-state index contributed by atoms with van der Waals surface area (Å²) in [5, 5.41) is 14.6. The molecule has 0 heterocycles. The fourth-order valence-electron chi connectivity index (χ4n) is 4.18.